The molecule has 168 valence electrons. The molecule has 0 atom stereocenters. The lowest BCUT2D eigenvalue weighted by molar-refractivity contribution is -0.0980. The molecule has 0 aliphatic carbocycles. The van der Waals surface area contributed by atoms with Crippen LogP contribution in [0.1, 0.15) is 31.8 Å². The van der Waals surface area contributed by atoms with Crippen LogP contribution in [0.15, 0.2) is 133 Å². The minimum absolute atomic E-state index is 0.0319. The molecule has 3 heteroatoms. The second-order valence-corrected chi connectivity index (χ2v) is 6.95. The molecule has 0 saturated heterocycles. The summed E-state index contributed by atoms with van der Waals surface area (Å²) in [5, 5.41) is 0. The maximum Gasteiger partial charge on any atom is 0.185 e. The minimum Gasteiger partial charge on any atom is -0.307 e. The highest BCUT2D eigenvalue weighted by Gasteiger charge is 1.99. The van der Waals surface area contributed by atoms with Crippen LogP contribution in [-0.4, -0.2) is 18.4 Å². The van der Waals surface area contributed by atoms with E-state index in [4.69, 9.17) is 4.79 Å². The van der Waals surface area contributed by atoms with Crippen molar-refractivity contribution in [3.63, 3.8) is 0 Å². The first-order chi connectivity index (χ1) is 16.7. The molecular formula is C31H26O3. The molecule has 0 aromatic heterocycles. The Kier molecular flexibility index (Phi) is 11.5. The van der Waals surface area contributed by atoms with Crippen LogP contribution in [0.3, 0.4) is 0 Å². The van der Waals surface area contributed by atoms with Crippen LogP contribution in [-0.2, 0) is 4.79 Å². The zero-order valence-electron chi connectivity index (χ0n) is 18.8. The standard InChI is InChI=1S/2C15H12O.CH2O/c2*16-15(14-9-5-2-6-10-14)12-11-13-7-3-1-4-8-13;1-2/h2*1-12H;1H2/b2*12-11+;. The molecule has 0 fully saturated rings. The first kappa shape index (κ1) is 25.6. The highest BCUT2D eigenvalue weighted by molar-refractivity contribution is 6.07. The topological polar surface area (TPSA) is 51.2 Å². The van der Waals surface area contributed by atoms with Gasteiger partial charge in [0.15, 0.2) is 11.6 Å². The molecule has 0 radical (unpaired) electrons. The molecule has 0 bridgehead atoms. The van der Waals surface area contributed by atoms with Gasteiger partial charge in [-0.2, -0.15) is 0 Å². The van der Waals surface area contributed by atoms with Crippen molar-refractivity contribution < 1.29 is 14.4 Å². The van der Waals surface area contributed by atoms with Crippen LogP contribution in [0, 0.1) is 0 Å². The molecule has 3 nitrogen and oxygen atoms in total. The normalized spacial score (nSPS) is 10.0. The predicted octanol–water partition coefficient (Wildman–Crippen LogP) is 6.98. The lowest BCUT2D eigenvalue weighted by Gasteiger charge is -1.94. The van der Waals surface area contributed by atoms with Crippen LogP contribution in [0.2, 0.25) is 0 Å². The van der Waals surface area contributed by atoms with Crippen LogP contribution in [0.25, 0.3) is 12.2 Å². The Morgan fingerprint density at radius 2 is 0.706 bits per heavy atom. The maximum absolute atomic E-state index is 11.7. The Labute approximate surface area is 200 Å². The summed E-state index contributed by atoms with van der Waals surface area (Å²) < 4.78 is 0. The molecule has 4 rings (SSSR count). The second kappa shape index (κ2) is 15.2. The van der Waals surface area contributed by atoms with E-state index in [0.29, 0.717) is 0 Å². The third-order valence-electron chi connectivity index (χ3n) is 4.57. The van der Waals surface area contributed by atoms with Crippen molar-refractivity contribution in [1.29, 1.82) is 0 Å². The summed E-state index contributed by atoms with van der Waals surface area (Å²) in [6, 6.07) is 38.1. The molecule has 0 aliphatic heterocycles. The lowest BCUT2D eigenvalue weighted by atomic mass is 10.1. The molecule has 0 N–H and O–H groups in total. The van der Waals surface area contributed by atoms with Crippen molar-refractivity contribution in [2.75, 3.05) is 0 Å². The molecule has 4 aromatic rings. The Morgan fingerprint density at radius 1 is 0.441 bits per heavy atom. The molecule has 0 heterocycles. The number of ketones is 2. The number of rotatable bonds is 6. The molecule has 0 saturated carbocycles. The van der Waals surface area contributed by atoms with E-state index < -0.39 is 0 Å². The van der Waals surface area contributed by atoms with Gasteiger partial charge in [-0.1, -0.05) is 133 Å². The SMILES string of the molecule is C=O.O=C(/C=C/c1ccccc1)c1ccccc1.O=C(/C=C/c1ccccc1)c1ccccc1. The summed E-state index contributed by atoms with van der Waals surface area (Å²) in [5.41, 5.74) is 3.50. The minimum atomic E-state index is 0.0319. The summed E-state index contributed by atoms with van der Waals surface area (Å²) in [5.74, 6) is 0.0638. The fraction of sp³-hybridized carbons (Fsp3) is 0. The summed E-state index contributed by atoms with van der Waals surface area (Å²) in [4.78, 5) is 31.5. The van der Waals surface area contributed by atoms with E-state index in [1.165, 1.54) is 0 Å². The number of benzene rings is 4. The highest BCUT2D eigenvalue weighted by atomic mass is 16.1. The van der Waals surface area contributed by atoms with Crippen molar-refractivity contribution in [2.45, 2.75) is 0 Å². The van der Waals surface area contributed by atoms with Crippen LogP contribution in [0.5, 0.6) is 0 Å². The van der Waals surface area contributed by atoms with E-state index in [0.717, 1.165) is 22.3 Å². The quantitative estimate of drug-likeness (QED) is 0.237. The summed E-state index contributed by atoms with van der Waals surface area (Å²) in [7, 11) is 0. The zero-order valence-corrected chi connectivity index (χ0v) is 18.8. The van der Waals surface area contributed by atoms with E-state index in [9.17, 15) is 9.59 Å². The molecule has 34 heavy (non-hydrogen) atoms. The highest BCUT2D eigenvalue weighted by Crippen LogP contribution is 2.06. The summed E-state index contributed by atoms with van der Waals surface area (Å²) >= 11 is 0. The van der Waals surface area contributed by atoms with Gasteiger partial charge in [-0.25, -0.2) is 0 Å². The maximum atomic E-state index is 11.7. The van der Waals surface area contributed by atoms with Gasteiger partial charge >= 0.3 is 0 Å². The molecular weight excluding hydrogens is 420 g/mol. The Balaban J connectivity index is 0.000000224. The monoisotopic (exact) mass is 446 g/mol. The van der Waals surface area contributed by atoms with E-state index in [1.807, 2.05) is 140 Å². The zero-order chi connectivity index (χ0) is 24.4. The Hall–Kier alpha value is -4.63. The van der Waals surface area contributed by atoms with Crippen molar-refractivity contribution in [3.8, 4) is 0 Å². The first-order valence-corrected chi connectivity index (χ1v) is 10.7. The fourth-order valence-corrected chi connectivity index (χ4v) is 2.87. The Morgan fingerprint density at radius 3 is 1.00 bits per heavy atom. The summed E-state index contributed by atoms with van der Waals surface area (Å²) in [6.07, 6.45) is 6.86. The largest absolute Gasteiger partial charge is 0.307 e. The van der Waals surface area contributed by atoms with Gasteiger partial charge in [0.1, 0.15) is 6.79 Å². The summed E-state index contributed by atoms with van der Waals surface area (Å²) in [6.45, 7) is 2.00. The van der Waals surface area contributed by atoms with Crippen molar-refractivity contribution >= 4 is 30.5 Å². The van der Waals surface area contributed by atoms with Gasteiger partial charge in [-0.05, 0) is 23.3 Å². The molecule has 0 amide bonds. The third kappa shape index (κ3) is 9.25. The van der Waals surface area contributed by atoms with E-state index in [1.54, 1.807) is 12.2 Å². The smallest absolute Gasteiger partial charge is 0.185 e. The number of hydrogen-bond donors (Lipinski definition) is 0. The van der Waals surface area contributed by atoms with Gasteiger partial charge in [-0.3, -0.25) is 9.59 Å². The van der Waals surface area contributed by atoms with Gasteiger partial charge in [0.05, 0.1) is 0 Å². The van der Waals surface area contributed by atoms with E-state index in [-0.39, 0.29) is 11.6 Å². The van der Waals surface area contributed by atoms with Crippen molar-refractivity contribution in [2.24, 2.45) is 0 Å². The van der Waals surface area contributed by atoms with Crippen molar-refractivity contribution in [3.05, 3.63) is 156 Å². The van der Waals surface area contributed by atoms with Crippen LogP contribution < -0.4 is 0 Å². The average molecular weight is 447 g/mol. The second-order valence-electron chi connectivity index (χ2n) is 6.95. The van der Waals surface area contributed by atoms with Crippen LogP contribution >= 0.6 is 0 Å². The van der Waals surface area contributed by atoms with Crippen molar-refractivity contribution in [1.82, 2.24) is 0 Å². The molecule has 0 aliphatic rings. The average Bonchev–Trinajstić information content (AvgIpc) is 2.94. The van der Waals surface area contributed by atoms with E-state index in [2.05, 4.69) is 0 Å². The van der Waals surface area contributed by atoms with E-state index >= 15 is 0 Å². The van der Waals surface area contributed by atoms with Gasteiger partial charge in [0.2, 0.25) is 0 Å². The predicted molar refractivity (Wildman–Crippen MR) is 140 cm³/mol. The number of hydrogen-bond acceptors (Lipinski definition) is 3. The number of carbonyl (C=O) groups is 3. The Bertz CT molecular complexity index is 1080. The number of allylic oxidation sites excluding steroid dienone is 2. The van der Waals surface area contributed by atoms with Gasteiger partial charge in [0.25, 0.3) is 0 Å². The van der Waals surface area contributed by atoms with Gasteiger partial charge in [-0.15, -0.1) is 0 Å². The molecule has 0 spiro atoms. The third-order valence-corrected chi connectivity index (χ3v) is 4.57. The molecule has 4 aromatic carbocycles. The number of carbonyl (C=O) groups excluding carboxylic acids is 3. The molecule has 0 unspecified atom stereocenters. The first-order valence-electron chi connectivity index (χ1n) is 10.7. The van der Waals surface area contributed by atoms with Crippen LogP contribution in [0.4, 0.5) is 0 Å². The van der Waals surface area contributed by atoms with Gasteiger partial charge < -0.3 is 4.79 Å². The fourth-order valence-electron chi connectivity index (χ4n) is 2.87. The van der Waals surface area contributed by atoms with Gasteiger partial charge in [0, 0.05) is 11.1 Å². The lowest BCUT2D eigenvalue weighted by Crippen LogP contribution is -1.92.